The summed E-state index contributed by atoms with van der Waals surface area (Å²) in [7, 11) is 1.62. The first-order valence-electron chi connectivity index (χ1n) is 8.20. The lowest BCUT2D eigenvalue weighted by Crippen LogP contribution is -3.12. The molecule has 0 aliphatic heterocycles. The lowest BCUT2D eigenvalue weighted by molar-refractivity contribution is -0.883. The first-order chi connectivity index (χ1) is 11.7. The van der Waals surface area contributed by atoms with Gasteiger partial charge in [0, 0.05) is 5.69 Å². The first kappa shape index (κ1) is 17.8. The second-order valence-electron chi connectivity index (χ2n) is 5.57. The van der Waals surface area contributed by atoms with E-state index in [2.05, 4.69) is 36.5 Å². The Hall–Kier alpha value is -2.59. The van der Waals surface area contributed by atoms with Crippen molar-refractivity contribution in [2.75, 3.05) is 32.1 Å². The minimum absolute atomic E-state index is 0.0186. The highest BCUT2D eigenvalue weighted by molar-refractivity contribution is 5.91. The van der Waals surface area contributed by atoms with Gasteiger partial charge < -0.3 is 15.0 Å². The Labute approximate surface area is 143 Å². The summed E-state index contributed by atoms with van der Waals surface area (Å²) < 4.78 is 5.11. The molecule has 0 bridgehead atoms. The second kappa shape index (κ2) is 9.53. The van der Waals surface area contributed by atoms with Crippen molar-refractivity contribution in [2.24, 2.45) is 0 Å². The molecule has 0 heterocycles. The number of carbonyl (C=O) groups excluding carboxylic acids is 1. The number of benzene rings is 2. The standard InChI is InChI=1S/C20H24N2O2/c1-3-22(15-7-10-17-8-5-4-6-9-17)16-20(23)21-18-11-13-19(24-2)14-12-18/h4-14H,3,15-16H2,1-2H3,(H,21,23)/p+1/b10-7+. The van der Waals surface area contributed by atoms with Crippen LogP contribution in [0.2, 0.25) is 0 Å². The number of nitrogens with one attached hydrogen (secondary N) is 2. The van der Waals surface area contributed by atoms with Crippen LogP contribution in [0, 0.1) is 0 Å². The highest BCUT2D eigenvalue weighted by Crippen LogP contribution is 2.14. The number of amides is 1. The number of anilines is 1. The number of carbonyl (C=O) groups is 1. The van der Waals surface area contributed by atoms with Gasteiger partial charge in [0.25, 0.3) is 5.91 Å². The Bertz CT molecular complexity index is 651. The Kier molecular flexibility index (Phi) is 7.05. The zero-order chi connectivity index (χ0) is 17.2. The Morgan fingerprint density at radius 2 is 1.83 bits per heavy atom. The number of methoxy groups -OCH3 is 1. The Morgan fingerprint density at radius 3 is 2.46 bits per heavy atom. The van der Waals surface area contributed by atoms with Crippen LogP contribution in [0.3, 0.4) is 0 Å². The van der Waals surface area contributed by atoms with Crippen LogP contribution >= 0.6 is 0 Å². The SMILES string of the molecule is CC[NH+](C/C=C/c1ccccc1)CC(=O)Nc1ccc(OC)cc1. The molecule has 4 nitrogen and oxygen atoms in total. The van der Waals surface area contributed by atoms with Gasteiger partial charge in [0.05, 0.1) is 20.2 Å². The van der Waals surface area contributed by atoms with Crippen LogP contribution < -0.4 is 15.0 Å². The Morgan fingerprint density at radius 1 is 1.12 bits per heavy atom. The third-order valence-electron chi connectivity index (χ3n) is 3.80. The molecule has 126 valence electrons. The van der Waals surface area contributed by atoms with Crippen LogP contribution in [0.15, 0.2) is 60.7 Å². The fraction of sp³-hybridized carbons (Fsp3) is 0.250. The summed E-state index contributed by atoms with van der Waals surface area (Å²) in [5, 5.41) is 2.93. The van der Waals surface area contributed by atoms with Crippen LogP contribution in [-0.4, -0.2) is 32.7 Å². The van der Waals surface area contributed by atoms with Crippen LogP contribution in [-0.2, 0) is 4.79 Å². The van der Waals surface area contributed by atoms with Gasteiger partial charge in [-0.1, -0.05) is 36.4 Å². The zero-order valence-corrected chi connectivity index (χ0v) is 14.3. The van der Waals surface area contributed by atoms with Crippen molar-refractivity contribution in [2.45, 2.75) is 6.92 Å². The van der Waals surface area contributed by atoms with E-state index in [1.165, 1.54) is 10.5 Å². The summed E-state index contributed by atoms with van der Waals surface area (Å²) in [6.45, 7) is 4.25. The van der Waals surface area contributed by atoms with Crippen LogP contribution in [0.1, 0.15) is 12.5 Å². The number of ether oxygens (including phenoxy) is 1. The maximum absolute atomic E-state index is 12.2. The molecule has 0 aliphatic rings. The maximum Gasteiger partial charge on any atom is 0.279 e. The molecular weight excluding hydrogens is 300 g/mol. The lowest BCUT2D eigenvalue weighted by Gasteiger charge is -2.15. The molecule has 0 radical (unpaired) electrons. The van der Waals surface area contributed by atoms with E-state index in [9.17, 15) is 4.79 Å². The van der Waals surface area contributed by atoms with E-state index < -0.39 is 0 Å². The third kappa shape index (κ3) is 5.89. The van der Waals surface area contributed by atoms with E-state index in [4.69, 9.17) is 4.74 Å². The average Bonchev–Trinajstić information content (AvgIpc) is 2.62. The highest BCUT2D eigenvalue weighted by Gasteiger charge is 2.11. The summed E-state index contributed by atoms with van der Waals surface area (Å²) in [4.78, 5) is 13.4. The van der Waals surface area contributed by atoms with Crippen LogP contribution in [0.5, 0.6) is 5.75 Å². The molecule has 4 heteroatoms. The molecule has 1 unspecified atom stereocenters. The monoisotopic (exact) mass is 325 g/mol. The highest BCUT2D eigenvalue weighted by atomic mass is 16.5. The summed E-state index contributed by atoms with van der Waals surface area (Å²) >= 11 is 0. The Balaban J connectivity index is 1.82. The second-order valence-corrected chi connectivity index (χ2v) is 5.57. The maximum atomic E-state index is 12.2. The van der Waals surface area contributed by atoms with E-state index in [1.54, 1.807) is 7.11 Å². The van der Waals surface area contributed by atoms with E-state index in [0.29, 0.717) is 6.54 Å². The smallest absolute Gasteiger partial charge is 0.279 e. The molecule has 1 amide bonds. The van der Waals surface area contributed by atoms with Crippen molar-refractivity contribution in [3.05, 3.63) is 66.2 Å². The van der Waals surface area contributed by atoms with Gasteiger partial charge in [-0.25, -0.2) is 0 Å². The topological polar surface area (TPSA) is 42.8 Å². The van der Waals surface area contributed by atoms with E-state index in [-0.39, 0.29) is 5.91 Å². The normalized spacial score (nSPS) is 12.1. The van der Waals surface area contributed by atoms with Crippen LogP contribution in [0.4, 0.5) is 5.69 Å². The zero-order valence-electron chi connectivity index (χ0n) is 14.3. The molecule has 0 aromatic heterocycles. The lowest BCUT2D eigenvalue weighted by atomic mass is 10.2. The number of likely N-dealkylation sites (N-methyl/N-ethyl adjacent to an activating group) is 1. The molecular formula is C20H25N2O2+. The molecule has 0 aliphatic carbocycles. The predicted octanol–water partition coefficient (Wildman–Crippen LogP) is 2.25. The van der Waals surface area contributed by atoms with Gasteiger partial charge in [0.2, 0.25) is 0 Å². The molecule has 24 heavy (non-hydrogen) atoms. The van der Waals surface area contributed by atoms with Crippen molar-refractivity contribution >= 4 is 17.7 Å². The van der Waals surface area contributed by atoms with Gasteiger partial charge in [-0.2, -0.15) is 0 Å². The van der Waals surface area contributed by atoms with E-state index in [1.807, 2.05) is 42.5 Å². The molecule has 2 rings (SSSR count). The van der Waals surface area contributed by atoms with E-state index >= 15 is 0 Å². The number of hydrogen-bond donors (Lipinski definition) is 2. The van der Waals surface area contributed by atoms with Gasteiger partial charge in [-0.3, -0.25) is 4.79 Å². The molecule has 2 aromatic rings. The van der Waals surface area contributed by atoms with Crippen molar-refractivity contribution in [1.29, 1.82) is 0 Å². The molecule has 0 fully saturated rings. The minimum atomic E-state index is 0.0186. The van der Waals surface area contributed by atoms with Crippen LogP contribution in [0.25, 0.3) is 6.08 Å². The largest absolute Gasteiger partial charge is 0.497 e. The first-order valence-corrected chi connectivity index (χ1v) is 8.20. The van der Waals surface area contributed by atoms with Crippen molar-refractivity contribution in [3.63, 3.8) is 0 Å². The molecule has 0 saturated carbocycles. The fourth-order valence-corrected chi connectivity index (χ4v) is 2.37. The fourth-order valence-electron chi connectivity index (χ4n) is 2.37. The third-order valence-corrected chi connectivity index (χ3v) is 3.80. The number of rotatable bonds is 8. The summed E-state index contributed by atoms with van der Waals surface area (Å²) in [5.74, 6) is 0.796. The molecule has 0 spiro atoms. The minimum Gasteiger partial charge on any atom is -0.497 e. The van der Waals surface area contributed by atoms with Crippen molar-refractivity contribution in [1.82, 2.24) is 0 Å². The molecule has 0 saturated heterocycles. The molecule has 2 aromatic carbocycles. The number of quaternary nitrogens is 1. The quantitative estimate of drug-likeness (QED) is 0.782. The van der Waals surface area contributed by atoms with Gasteiger partial charge in [0.15, 0.2) is 6.54 Å². The molecule has 2 N–H and O–H groups in total. The van der Waals surface area contributed by atoms with Crippen molar-refractivity contribution < 1.29 is 14.4 Å². The summed E-state index contributed by atoms with van der Waals surface area (Å²) in [6.07, 6.45) is 4.21. The number of hydrogen-bond acceptors (Lipinski definition) is 2. The van der Waals surface area contributed by atoms with Gasteiger partial charge in [-0.05, 0) is 42.8 Å². The van der Waals surface area contributed by atoms with Crippen molar-refractivity contribution in [3.8, 4) is 5.75 Å². The van der Waals surface area contributed by atoms with Gasteiger partial charge >= 0.3 is 0 Å². The van der Waals surface area contributed by atoms with E-state index in [0.717, 1.165) is 24.5 Å². The van der Waals surface area contributed by atoms with Gasteiger partial charge in [-0.15, -0.1) is 0 Å². The summed E-state index contributed by atoms with van der Waals surface area (Å²) in [6, 6.07) is 17.5. The summed E-state index contributed by atoms with van der Waals surface area (Å²) in [5.41, 5.74) is 1.96. The van der Waals surface area contributed by atoms with Gasteiger partial charge in [0.1, 0.15) is 5.75 Å². The predicted molar refractivity (Wildman–Crippen MR) is 98.3 cm³/mol. The molecule has 1 atom stereocenters. The average molecular weight is 325 g/mol.